The third-order valence-electron chi connectivity index (χ3n) is 4.59. The summed E-state index contributed by atoms with van der Waals surface area (Å²) < 4.78 is 13.2. The Balaban J connectivity index is 1.73. The predicted octanol–water partition coefficient (Wildman–Crippen LogP) is 2.07. The van der Waals surface area contributed by atoms with E-state index in [0.717, 1.165) is 5.56 Å². The summed E-state index contributed by atoms with van der Waals surface area (Å²) in [5.74, 6) is -0.329. The van der Waals surface area contributed by atoms with Crippen molar-refractivity contribution < 1.29 is 19.3 Å². The number of benzene rings is 2. The van der Waals surface area contributed by atoms with Gasteiger partial charge in [0.1, 0.15) is 18.4 Å². The average Bonchev–Trinajstić information content (AvgIpc) is 2.62. The molecule has 0 aliphatic carbocycles. The lowest BCUT2D eigenvalue weighted by molar-refractivity contribution is -0.692. The van der Waals surface area contributed by atoms with Crippen LogP contribution >= 0.6 is 0 Å². The minimum Gasteiger partial charge on any atom is -0.332 e. The van der Waals surface area contributed by atoms with E-state index >= 15 is 0 Å². The molecule has 2 aromatic rings. The van der Waals surface area contributed by atoms with Crippen molar-refractivity contribution in [2.75, 3.05) is 23.3 Å². The highest BCUT2D eigenvalue weighted by atomic mass is 19.1. The molecule has 6 heteroatoms. The van der Waals surface area contributed by atoms with Crippen molar-refractivity contribution in [3.63, 3.8) is 0 Å². The Hall–Kier alpha value is -2.73. The molecule has 0 fully saturated rings. The summed E-state index contributed by atoms with van der Waals surface area (Å²) in [5, 5.41) is 4.73. The Kier molecular flexibility index (Phi) is 5.32. The van der Waals surface area contributed by atoms with E-state index in [1.165, 1.54) is 17.0 Å². The molecule has 0 aromatic heterocycles. The number of hydrogen-bond donors (Lipinski definition) is 2. The molecular weight excluding hydrogens is 333 g/mol. The highest BCUT2D eigenvalue weighted by Gasteiger charge is 2.29. The van der Waals surface area contributed by atoms with E-state index < -0.39 is 0 Å². The summed E-state index contributed by atoms with van der Waals surface area (Å²) in [7, 11) is 0. The van der Waals surface area contributed by atoms with Crippen molar-refractivity contribution >= 4 is 23.2 Å². The van der Waals surface area contributed by atoms with Crippen LogP contribution in [0.3, 0.4) is 0 Å². The number of nitrogens with one attached hydrogen (secondary N) is 1. The molecular formula is C20H23FN3O2+. The molecule has 2 aromatic carbocycles. The van der Waals surface area contributed by atoms with E-state index in [2.05, 4.69) is 19.2 Å². The molecule has 0 saturated carbocycles. The van der Waals surface area contributed by atoms with Gasteiger partial charge in [0, 0.05) is 11.5 Å². The van der Waals surface area contributed by atoms with Crippen LogP contribution in [0.2, 0.25) is 0 Å². The fourth-order valence-corrected chi connectivity index (χ4v) is 3.27. The molecule has 3 N–H and O–H groups in total. The Morgan fingerprint density at radius 2 is 1.88 bits per heavy atom. The van der Waals surface area contributed by atoms with Gasteiger partial charge < -0.3 is 10.6 Å². The van der Waals surface area contributed by atoms with Crippen LogP contribution in [0.1, 0.15) is 25.5 Å². The van der Waals surface area contributed by atoms with Crippen LogP contribution in [0.4, 0.5) is 15.8 Å². The maximum absolute atomic E-state index is 13.2. The van der Waals surface area contributed by atoms with Crippen LogP contribution in [-0.4, -0.2) is 24.9 Å². The number of amides is 2. The number of carbonyl (C=O) groups excluding carboxylic acids is 2. The smallest absolute Gasteiger partial charge is 0.282 e. The molecule has 1 atom stereocenters. The minimum atomic E-state index is -0.275. The van der Waals surface area contributed by atoms with Gasteiger partial charge in [-0.1, -0.05) is 38.1 Å². The quantitative estimate of drug-likeness (QED) is 0.861. The maximum atomic E-state index is 13.2. The summed E-state index contributed by atoms with van der Waals surface area (Å²) >= 11 is 0. The SMILES string of the molecule is CC(C)[C@@H]([NH2+]CC(=O)N1CC(=O)Nc2ccccc21)c1ccc(F)cc1. The highest BCUT2D eigenvalue weighted by molar-refractivity contribution is 6.10. The number of fused-ring (bicyclic) bond motifs is 1. The third kappa shape index (κ3) is 3.91. The van der Waals surface area contributed by atoms with E-state index in [0.29, 0.717) is 11.4 Å². The molecule has 1 aliphatic rings. The number of para-hydroxylation sites is 2. The van der Waals surface area contributed by atoms with Crippen molar-refractivity contribution in [2.45, 2.75) is 19.9 Å². The first kappa shape index (κ1) is 18.1. The third-order valence-corrected chi connectivity index (χ3v) is 4.59. The van der Waals surface area contributed by atoms with Gasteiger partial charge in [-0.25, -0.2) is 4.39 Å². The molecule has 26 heavy (non-hydrogen) atoms. The normalized spacial score (nSPS) is 14.8. The molecule has 0 radical (unpaired) electrons. The molecule has 136 valence electrons. The molecule has 1 aliphatic heterocycles. The van der Waals surface area contributed by atoms with Crippen LogP contribution < -0.4 is 15.5 Å². The molecule has 5 nitrogen and oxygen atoms in total. The molecule has 1 heterocycles. The molecule has 2 amide bonds. The largest absolute Gasteiger partial charge is 0.332 e. The first-order chi connectivity index (χ1) is 12.5. The van der Waals surface area contributed by atoms with Crippen molar-refractivity contribution in [3.05, 3.63) is 59.9 Å². The lowest BCUT2D eigenvalue weighted by atomic mass is 9.96. The summed E-state index contributed by atoms with van der Waals surface area (Å²) in [6.07, 6.45) is 0. The fraction of sp³-hybridized carbons (Fsp3) is 0.300. The Bertz CT molecular complexity index is 805. The number of rotatable bonds is 5. The van der Waals surface area contributed by atoms with E-state index in [9.17, 15) is 14.0 Å². The van der Waals surface area contributed by atoms with E-state index in [1.807, 2.05) is 23.5 Å². The van der Waals surface area contributed by atoms with Gasteiger partial charge >= 0.3 is 0 Å². The molecule has 0 saturated heterocycles. The van der Waals surface area contributed by atoms with E-state index in [1.54, 1.807) is 18.2 Å². The van der Waals surface area contributed by atoms with Crippen molar-refractivity contribution in [1.82, 2.24) is 0 Å². The van der Waals surface area contributed by atoms with Crippen LogP contribution in [0, 0.1) is 11.7 Å². The summed E-state index contributed by atoms with van der Waals surface area (Å²) in [5.41, 5.74) is 2.34. The van der Waals surface area contributed by atoms with Crippen molar-refractivity contribution in [1.29, 1.82) is 0 Å². The predicted molar refractivity (Wildman–Crippen MR) is 98.2 cm³/mol. The van der Waals surface area contributed by atoms with Crippen LogP contribution in [0.25, 0.3) is 0 Å². The second kappa shape index (κ2) is 7.66. The number of carbonyl (C=O) groups is 2. The zero-order valence-electron chi connectivity index (χ0n) is 14.9. The molecule has 0 unspecified atom stereocenters. The Labute approximate surface area is 152 Å². The topological polar surface area (TPSA) is 66.0 Å². The molecule has 0 bridgehead atoms. The minimum absolute atomic E-state index is 0.0204. The van der Waals surface area contributed by atoms with Gasteiger partial charge in [-0.05, 0) is 24.3 Å². The second-order valence-corrected chi connectivity index (χ2v) is 6.81. The van der Waals surface area contributed by atoms with Gasteiger partial charge in [0.05, 0.1) is 11.4 Å². The van der Waals surface area contributed by atoms with E-state index in [-0.39, 0.29) is 42.7 Å². The summed E-state index contributed by atoms with van der Waals surface area (Å²) in [6.45, 7) is 4.37. The second-order valence-electron chi connectivity index (χ2n) is 6.81. The molecule has 3 rings (SSSR count). The Morgan fingerprint density at radius 3 is 2.58 bits per heavy atom. The van der Waals surface area contributed by atoms with Crippen molar-refractivity contribution in [2.24, 2.45) is 5.92 Å². The fourth-order valence-electron chi connectivity index (χ4n) is 3.27. The first-order valence-electron chi connectivity index (χ1n) is 8.73. The average molecular weight is 356 g/mol. The van der Waals surface area contributed by atoms with Gasteiger partial charge in [0.25, 0.3) is 5.91 Å². The lowest BCUT2D eigenvalue weighted by Gasteiger charge is -2.29. The zero-order chi connectivity index (χ0) is 18.7. The van der Waals surface area contributed by atoms with Gasteiger partial charge in [0.15, 0.2) is 6.54 Å². The number of halogens is 1. The van der Waals surface area contributed by atoms with Gasteiger partial charge in [-0.3, -0.25) is 14.5 Å². The van der Waals surface area contributed by atoms with Gasteiger partial charge in [-0.2, -0.15) is 0 Å². The summed E-state index contributed by atoms with van der Waals surface area (Å²) in [4.78, 5) is 26.2. The first-order valence-corrected chi connectivity index (χ1v) is 8.73. The van der Waals surface area contributed by atoms with Crippen LogP contribution in [-0.2, 0) is 9.59 Å². The number of anilines is 2. The van der Waals surface area contributed by atoms with Gasteiger partial charge in [-0.15, -0.1) is 0 Å². The lowest BCUT2D eigenvalue weighted by Crippen LogP contribution is -2.88. The number of nitrogens with zero attached hydrogens (tertiary/aromatic N) is 1. The maximum Gasteiger partial charge on any atom is 0.282 e. The monoisotopic (exact) mass is 356 g/mol. The number of hydrogen-bond acceptors (Lipinski definition) is 2. The molecule has 0 spiro atoms. The standard InChI is InChI=1S/C20H22FN3O2/c1-13(2)20(14-7-9-15(21)10-8-14)22-11-19(26)24-12-18(25)23-16-5-3-4-6-17(16)24/h3-10,13,20,22H,11-12H2,1-2H3,(H,23,25)/p+1/t20-/m1/s1. The zero-order valence-corrected chi connectivity index (χ0v) is 14.9. The highest BCUT2D eigenvalue weighted by Crippen LogP contribution is 2.28. The van der Waals surface area contributed by atoms with Crippen LogP contribution in [0.15, 0.2) is 48.5 Å². The number of nitrogens with two attached hydrogens (primary N) is 1. The Morgan fingerprint density at radius 1 is 1.19 bits per heavy atom. The van der Waals surface area contributed by atoms with Gasteiger partial charge in [0.2, 0.25) is 5.91 Å². The van der Waals surface area contributed by atoms with E-state index in [4.69, 9.17) is 0 Å². The number of quaternary nitrogens is 1. The summed E-state index contributed by atoms with van der Waals surface area (Å²) in [6, 6.07) is 13.7. The van der Waals surface area contributed by atoms with Crippen LogP contribution in [0.5, 0.6) is 0 Å². The van der Waals surface area contributed by atoms with Crippen molar-refractivity contribution in [3.8, 4) is 0 Å².